The maximum absolute atomic E-state index is 12.1. The minimum atomic E-state index is -1.03. The fraction of sp³-hybridized carbons (Fsp3) is 0.214. The molecule has 0 aliphatic rings. The van der Waals surface area contributed by atoms with Gasteiger partial charge in [0.1, 0.15) is 6.04 Å². The molecule has 0 saturated heterocycles. The van der Waals surface area contributed by atoms with E-state index in [4.69, 9.17) is 5.11 Å². The summed E-state index contributed by atoms with van der Waals surface area (Å²) in [7, 11) is 0. The number of carbonyl (C=O) groups is 2. The standard InChI is InChI=1S/C14H14N2O3/c1-2-11(14(18)19)16-13(17)10-5-3-7-12-9(10)6-4-8-15-12/h3-8,11H,2H2,1H3,(H,16,17)(H,18,19). The van der Waals surface area contributed by atoms with Crippen LogP contribution in [0.3, 0.4) is 0 Å². The van der Waals surface area contributed by atoms with Crippen LogP contribution in [-0.4, -0.2) is 28.0 Å². The number of hydrogen-bond acceptors (Lipinski definition) is 3. The molecular weight excluding hydrogens is 244 g/mol. The molecule has 2 rings (SSSR count). The van der Waals surface area contributed by atoms with Crippen LogP contribution in [0.1, 0.15) is 23.7 Å². The van der Waals surface area contributed by atoms with Crippen molar-refractivity contribution in [2.24, 2.45) is 0 Å². The highest BCUT2D eigenvalue weighted by molar-refractivity contribution is 6.07. The predicted octanol–water partition coefficient (Wildman–Crippen LogP) is 1.83. The van der Waals surface area contributed by atoms with Crippen molar-refractivity contribution in [3.05, 3.63) is 42.1 Å². The van der Waals surface area contributed by atoms with Crippen molar-refractivity contribution in [2.45, 2.75) is 19.4 Å². The molecule has 19 heavy (non-hydrogen) atoms. The molecule has 0 radical (unpaired) electrons. The van der Waals surface area contributed by atoms with Crippen molar-refractivity contribution < 1.29 is 14.7 Å². The molecule has 5 heteroatoms. The van der Waals surface area contributed by atoms with Crippen molar-refractivity contribution in [1.82, 2.24) is 10.3 Å². The van der Waals surface area contributed by atoms with E-state index in [0.717, 1.165) is 0 Å². The van der Waals surface area contributed by atoms with Crippen LogP contribution in [0.25, 0.3) is 10.9 Å². The van der Waals surface area contributed by atoms with E-state index in [-0.39, 0.29) is 0 Å². The van der Waals surface area contributed by atoms with Crippen LogP contribution in [0.4, 0.5) is 0 Å². The Balaban J connectivity index is 2.34. The zero-order valence-electron chi connectivity index (χ0n) is 10.5. The summed E-state index contributed by atoms with van der Waals surface area (Å²) in [6.07, 6.45) is 1.99. The van der Waals surface area contributed by atoms with Gasteiger partial charge in [0, 0.05) is 17.1 Å². The van der Waals surface area contributed by atoms with E-state index in [1.165, 1.54) is 0 Å². The molecule has 98 valence electrons. The second-order valence-corrected chi connectivity index (χ2v) is 4.15. The van der Waals surface area contributed by atoms with Gasteiger partial charge < -0.3 is 10.4 Å². The number of fused-ring (bicyclic) bond motifs is 1. The number of carboxylic acid groups (broad SMARTS) is 1. The Kier molecular flexibility index (Phi) is 3.75. The molecule has 0 saturated carbocycles. The van der Waals surface area contributed by atoms with Gasteiger partial charge in [-0.3, -0.25) is 9.78 Å². The number of carbonyl (C=O) groups excluding carboxylic acids is 1. The van der Waals surface area contributed by atoms with Crippen LogP contribution in [0.5, 0.6) is 0 Å². The third-order valence-corrected chi connectivity index (χ3v) is 2.90. The van der Waals surface area contributed by atoms with Crippen LogP contribution < -0.4 is 5.32 Å². The summed E-state index contributed by atoms with van der Waals surface area (Å²) in [6, 6.07) is 7.85. The maximum Gasteiger partial charge on any atom is 0.326 e. The monoisotopic (exact) mass is 258 g/mol. The van der Waals surface area contributed by atoms with Crippen LogP contribution in [0.15, 0.2) is 36.5 Å². The average Bonchev–Trinajstić information content (AvgIpc) is 2.43. The highest BCUT2D eigenvalue weighted by Crippen LogP contribution is 2.16. The van der Waals surface area contributed by atoms with Crippen LogP contribution in [0.2, 0.25) is 0 Å². The largest absolute Gasteiger partial charge is 0.480 e. The summed E-state index contributed by atoms with van der Waals surface area (Å²) in [4.78, 5) is 27.2. The number of nitrogens with one attached hydrogen (secondary N) is 1. The third-order valence-electron chi connectivity index (χ3n) is 2.90. The maximum atomic E-state index is 12.1. The number of carboxylic acids is 1. The highest BCUT2D eigenvalue weighted by Gasteiger charge is 2.19. The number of hydrogen-bond donors (Lipinski definition) is 2. The van der Waals surface area contributed by atoms with E-state index in [9.17, 15) is 9.59 Å². The van der Waals surface area contributed by atoms with Crippen molar-refractivity contribution in [2.75, 3.05) is 0 Å². The normalized spacial score (nSPS) is 12.1. The molecule has 0 aliphatic carbocycles. The number of aliphatic carboxylic acids is 1. The number of nitrogens with zero attached hydrogens (tertiary/aromatic N) is 1. The molecule has 1 unspecified atom stereocenters. The summed E-state index contributed by atoms with van der Waals surface area (Å²) in [6.45, 7) is 1.71. The van der Waals surface area contributed by atoms with Crippen LogP contribution >= 0.6 is 0 Å². The van der Waals surface area contributed by atoms with Gasteiger partial charge in [-0.15, -0.1) is 0 Å². The van der Waals surface area contributed by atoms with Crippen molar-refractivity contribution >= 4 is 22.8 Å². The Morgan fingerprint density at radius 1 is 1.32 bits per heavy atom. The SMILES string of the molecule is CCC(NC(=O)c1cccc2ncccc12)C(=O)O. The molecule has 1 atom stereocenters. The number of benzene rings is 1. The molecule has 2 aromatic rings. The number of aromatic nitrogens is 1. The Bertz CT molecular complexity index is 620. The quantitative estimate of drug-likeness (QED) is 0.876. The van der Waals surface area contributed by atoms with Gasteiger partial charge in [-0.2, -0.15) is 0 Å². The smallest absolute Gasteiger partial charge is 0.326 e. The van der Waals surface area contributed by atoms with Gasteiger partial charge in [-0.1, -0.05) is 19.1 Å². The highest BCUT2D eigenvalue weighted by atomic mass is 16.4. The number of rotatable bonds is 4. The molecule has 0 spiro atoms. The first-order chi connectivity index (χ1) is 9.13. The Labute approximate surface area is 110 Å². The Morgan fingerprint density at radius 2 is 2.11 bits per heavy atom. The van der Waals surface area contributed by atoms with E-state index in [2.05, 4.69) is 10.3 Å². The minimum Gasteiger partial charge on any atom is -0.480 e. The second-order valence-electron chi connectivity index (χ2n) is 4.15. The van der Waals surface area contributed by atoms with Gasteiger partial charge in [0.05, 0.1) is 5.52 Å². The molecule has 1 aromatic carbocycles. The fourth-order valence-electron chi connectivity index (χ4n) is 1.88. The molecule has 0 bridgehead atoms. The lowest BCUT2D eigenvalue weighted by atomic mass is 10.1. The first-order valence-electron chi connectivity index (χ1n) is 6.01. The van der Waals surface area contributed by atoms with Crippen molar-refractivity contribution in [3.63, 3.8) is 0 Å². The van der Waals surface area contributed by atoms with Gasteiger partial charge >= 0.3 is 5.97 Å². The summed E-state index contributed by atoms with van der Waals surface area (Å²) in [5.41, 5.74) is 1.14. The van der Waals surface area contributed by atoms with E-state index in [0.29, 0.717) is 22.9 Å². The molecule has 1 amide bonds. The molecule has 0 fully saturated rings. The Morgan fingerprint density at radius 3 is 2.79 bits per heavy atom. The van der Waals surface area contributed by atoms with E-state index in [1.807, 2.05) is 0 Å². The summed E-state index contributed by atoms with van der Waals surface area (Å²) >= 11 is 0. The lowest BCUT2D eigenvalue weighted by molar-refractivity contribution is -0.139. The molecule has 1 aromatic heterocycles. The molecular formula is C14H14N2O3. The van der Waals surface area contributed by atoms with E-state index < -0.39 is 17.9 Å². The minimum absolute atomic E-state index is 0.337. The van der Waals surface area contributed by atoms with Gasteiger partial charge in [-0.25, -0.2) is 4.79 Å². The predicted molar refractivity (Wildman–Crippen MR) is 70.9 cm³/mol. The van der Waals surface area contributed by atoms with Crippen LogP contribution in [0, 0.1) is 0 Å². The van der Waals surface area contributed by atoms with Crippen molar-refractivity contribution in [1.29, 1.82) is 0 Å². The van der Waals surface area contributed by atoms with E-state index in [1.54, 1.807) is 43.5 Å². The Hall–Kier alpha value is -2.43. The number of amides is 1. The summed E-state index contributed by atoms with van der Waals surface area (Å²) in [5.74, 6) is -1.43. The van der Waals surface area contributed by atoms with Crippen molar-refractivity contribution in [3.8, 4) is 0 Å². The zero-order chi connectivity index (χ0) is 13.8. The zero-order valence-corrected chi connectivity index (χ0v) is 10.5. The van der Waals surface area contributed by atoms with Gasteiger partial charge in [-0.05, 0) is 24.6 Å². The average molecular weight is 258 g/mol. The number of pyridine rings is 1. The lowest BCUT2D eigenvalue weighted by Gasteiger charge is -2.13. The lowest BCUT2D eigenvalue weighted by Crippen LogP contribution is -2.40. The molecule has 5 nitrogen and oxygen atoms in total. The molecule has 2 N–H and O–H groups in total. The summed E-state index contributed by atoms with van der Waals surface area (Å²) < 4.78 is 0. The van der Waals surface area contributed by atoms with Gasteiger partial charge in [0.2, 0.25) is 0 Å². The fourth-order valence-corrected chi connectivity index (χ4v) is 1.88. The third kappa shape index (κ3) is 2.70. The first kappa shape index (κ1) is 13.0. The summed E-state index contributed by atoms with van der Waals surface area (Å²) in [5, 5.41) is 12.2. The molecule has 1 heterocycles. The van der Waals surface area contributed by atoms with Crippen LogP contribution in [-0.2, 0) is 4.79 Å². The first-order valence-corrected chi connectivity index (χ1v) is 6.01. The topological polar surface area (TPSA) is 79.3 Å². The van der Waals surface area contributed by atoms with Gasteiger partial charge in [0.25, 0.3) is 5.91 Å². The second kappa shape index (κ2) is 5.48. The van der Waals surface area contributed by atoms with Gasteiger partial charge in [0.15, 0.2) is 0 Å². The molecule has 0 aliphatic heterocycles. The van der Waals surface area contributed by atoms with E-state index >= 15 is 0 Å².